The average molecular weight is 1120 g/mol. The summed E-state index contributed by atoms with van der Waals surface area (Å²) in [5, 5.41) is 16.9. The lowest BCUT2D eigenvalue weighted by molar-refractivity contribution is -0.134. The lowest BCUT2D eigenvalue weighted by atomic mass is 10.2. The molecule has 0 spiro atoms. The van der Waals surface area contributed by atoms with Crippen molar-refractivity contribution < 1.29 is 52.6 Å². The molecule has 19 heteroatoms. The Bertz CT molecular complexity index is 1940. The van der Waals surface area contributed by atoms with Gasteiger partial charge in [0.15, 0.2) is 0 Å². The highest BCUT2D eigenvalue weighted by Gasteiger charge is 2.24. The molecular formula is C60H109FN8O10. The van der Waals surface area contributed by atoms with Gasteiger partial charge in [-0.15, -0.1) is 0 Å². The van der Waals surface area contributed by atoms with E-state index in [0.717, 1.165) is 18.8 Å². The number of primary amides is 1. The number of rotatable bonds is 18. The first-order valence-corrected chi connectivity index (χ1v) is 27.6. The zero-order valence-electron chi connectivity index (χ0n) is 52.9. The van der Waals surface area contributed by atoms with E-state index in [4.69, 9.17) is 15.6 Å². The Balaban J connectivity index is -0.000000266. The van der Waals surface area contributed by atoms with Gasteiger partial charge in [-0.1, -0.05) is 129 Å². The van der Waals surface area contributed by atoms with Crippen molar-refractivity contribution in [2.75, 3.05) is 85.3 Å². The highest BCUT2D eigenvalue weighted by atomic mass is 19.1. The number of halogens is 1. The maximum atomic E-state index is 12.5. The van der Waals surface area contributed by atoms with Crippen molar-refractivity contribution in [3.63, 3.8) is 0 Å². The number of benzene rings is 2. The van der Waals surface area contributed by atoms with Crippen molar-refractivity contribution in [3.8, 4) is 0 Å². The smallest absolute Gasteiger partial charge is 0.226 e. The number of hydrogen-bond donors (Lipinski definition) is 5. The van der Waals surface area contributed by atoms with Crippen LogP contribution in [0.15, 0.2) is 54.6 Å². The number of ether oxygens (including phenoxy) is 1. The monoisotopic (exact) mass is 1120 g/mol. The molecule has 0 unspecified atom stereocenters. The molecule has 1 aliphatic carbocycles. The van der Waals surface area contributed by atoms with Gasteiger partial charge in [-0.25, -0.2) is 4.39 Å². The molecule has 1 aliphatic rings. The maximum absolute atomic E-state index is 12.5. The van der Waals surface area contributed by atoms with Crippen LogP contribution in [0.2, 0.25) is 0 Å². The predicted octanol–water partition coefficient (Wildman–Crippen LogP) is 8.83. The third kappa shape index (κ3) is 47.7. The van der Waals surface area contributed by atoms with Crippen LogP contribution in [-0.2, 0) is 43.1 Å². The number of amides is 8. The van der Waals surface area contributed by atoms with Crippen LogP contribution >= 0.6 is 0 Å². The summed E-state index contributed by atoms with van der Waals surface area (Å²) in [6.45, 7) is 37.2. The number of nitrogens with one attached hydrogen (secondary N) is 3. The molecule has 79 heavy (non-hydrogen) atoms. The molecule has 1 saturated carbocycles. The minimum atomic E-state index is -0.303. The van der Waals surface area contributed by atoms with E-state index in [1.165, 1.54) is 42.0 Å². The Labute approximate surface area is 476 Å². The molecule has 3 rings (SSSR count). The Morgan fingerprint density at radius 3 is 1.15 bits per heavy atom. The van der Waals surface area contributed by atoms with E-state index in [0.29, 0.717) is 31.4 Å². The van der Waals surface area contributed by atoms with E-state index >= 15 is 0 Å². The van der Waals surface area contributed by atoms with Crippen molar-refractivity contribution in [3.05, 3.63) is 60.4 Å². The first kappa shape index (κ1) is 81.9. The first-order chi connectivity index (χ1) is 36.5. The lowest BCUT2D eigenvalue weighted by Crippen LogP contribution is -2.33. The van der Waals surface area contributed by atoms with E-state index in [1.807, 2.05) is 132 Å². The van der Waals surface area contributed by atoms with Crippen LogP contribution in [0, 0.1) is 53.2 Å². The van der Waals surface area contributed by atoms with Crippen molar-refractivity contribution in [1.82, 2.24) is 24.9 Å². The topological polar surface area (TPSA) is 241 Å². The first-order valence-electron chi connectivity index (χ1n) is 27.6. The number of aliphatic hydroxyl groups excluding tert-OH is 1. The fourth-order valence-electron chi connectivity index (χ4n) is 5.12. The molecule has 2 aromatic rings. The summed E-state index contributed by atoms with van der Waals surface area (Å²) in [7, 11) is 8.65. The number of carbonyl (C=O) groups is 8. The molecule has 0 bridgehead atoms. The van der Waals surface area contributed by atoms with E-state index in [-0.39, 0.29) is 107 Å². The number of hydrogen-bond acceptors (Lipinski definition) is 10. The van der Waals surface area contributed by atoms with Crippen molar-refractivity contribution in [1.29, 1.82) is 0 Å². The number of nitrogens with zero attached hydrogens (tertiary/aromatic N) is 4. The molecule has 456 valence electrons. The third-order valence-corrected chi connectivity index (χ3v) is 10.5. The number of methoxy groups -OCH3 is 1. The second kappa shape index (κ2) is 48.0. The van der Waals surface area contributed by atoms with E-state index in [1.54, 1.807) is 72.8 Å². The number of likely N-dealkylation sites (N-methyl/N-ethyl adjacent to an activating group) is 2. The summed E-state index contributed by atoms with van der Waals surface area (Å²) in [5.74, 6) is 0.804. The highest BCUT2D eigenvalue weighted by Crippen LogP contribution is 2.19. The van der Waals surface area contributed by atoms with Gasteiger partial charge in [0, 0.05) is 126 Å². The zero-order chi connectivity index (χ0) is 62.7. The van der Waals surface area contributed by atoms with Crippen LogP contribution < -0.4 is 21.7 Å². The minimum absolute atomic E-state index is 0.00926. The van der Waals surface area contributed by atoms with Gasteiger partial charge in [-0.3, -0.25) is 38.4 Å². The quantitative estimate of drug-likeness (QED) is 0.0950. The van der Waals surface area contributed by atoms with Crippen LogP contribution in [0.5, 0.6) is 0 Å². The van der Waals surface area contributed by atoms with Crippen LogP contribution in [0.25, 0.3) is 0 Å². The molecule has 0 heterocycles. The highest BCUT2D eigenvalue weighted by molar-refractivity contribution is 5.92. The van der Waals surface area contributed by atoms with Gasteiger partial charge in [0.05, 0.1) is 13.2 Å². The molecule has 0 aromatic heterocycles. The molecule has 1 fully saturated rings. The molecule has 2 aromatic carbocycles. The van der Waals surface area contributed by atoms with Gasteiger partial charge >= 0.3 is 0 Å². The van der Waals surface area contributed by atoms with Gasteiger partial charge in [0.2, 0.25) is 47.3 Å². The molecule has 0 saturated heterocycles. The molecule has 18 nitrogen and oxygen atoms in total. The standard InChI is InChI=1S/C10H12FNO.C10H13NO.C8H17NO2.C8H17NO.C7H15NO2.C7H13NO.C6H13NO.C4H9NO/c1-7(2)10(13)12-9-5-3-8(11)4-6-9;1-8(2)10(12)11-9-6-4-3-5-7-9;1-7(2)8(10)9(3)5-6-11-4;1-5-9(6-2)8(10)7(3)4;1-6(2)7(10)8(3)4-5-9;1-5(2)7(9)8-6-3-4-6;1-5(2)6(8)7(3)4;1-3(2)4(5)6/h3-7H,1-2H3,(H,12,13);3-8H,1-2H3,(H,11,12);7H,5-6H2,1-4H3;7H,5-6H2,1-4H3;6,9H,4-5H2,1-3H3;5-6H,3-4H2,1-2H3,(H,8,9);5H,1-4H3;3H,1-2H3,(H2,5,6). The van der Waals surface area contributed by atoms with Crippen LogP contribution in [0.1, 0.15) is 137 Å². The van der Waals surface area contributed by atoms with Crippen molar-refractivity contribution in [2.45, 2.75) is 144 Å². The van der Waals surface area contributed by atoms with Crippen molar-refractivity contribution in [2.24, 2.45) is 53.1 Å². The SMILES string of the molecule is CC(C)C(=O)N(C)C.CC(C)C(=O)N(C)CCO.CC(C)C(=O)NC1CC1.CC(C)C(=O)Nc1ccc(F)cc1.CC(C)C(=O)Nc1ccccc1.CC(C)C(N)=O.CCN(CC)C(=O)C(C)C.COCCN(C)C(=O)C(C)C. The Morgan fingerprint density at radius 2 is 0.899 bits per heavy atom. The van der Waals surface area contributed by atoms with E-state index in [2.05, 4.69) is 16.0 Å². The summed E-state index contributed by atoms with van der Waals surface area (Å²) in [6, 6.07) is 15.7. The number of anilines is 2. The fourth-order valence-corrected chi connectivity index (χ4v) is 5.12. The number of aliphatic hydroxyl groups is 1. The Hall–Kier alpha value is -5.95. The van der Waals surface area contributed by atoms with Gasteiger partial charge in [-0.05, 0) is 63.1 Å². The molecule has 8 amide bonds. The molecule has 0 aliphatic heterocycles. The lowest BCUT2D eigenvalue weighted by Gasteiger charge is -2.20. The average Bonchev–Trinajstić information content (AvgIpc) is 4.21. The van der Waals surface area contributed by atoms with Gasteiger partial charge in [0.1, 0.15) is 5.82 Å². The molecule has 0 atom stereocenters. The largest absolute Gasteiger partial charge is 0.395 e. The predicted molar refractivity (Wildman–Crippen MR) is 320 cm³/mol. The fraction of sp³-hybridized carbons (Fsp3) is 0.667. The Morgan fingerprint density at radius 1 is 0.544 bits per heavy atom. The number of carbonyl (C=O) groups excluding carboxylic acids is 8. The maximum Gasteiger partial charge on any atom is 0.226 e. The summed E-state index contributed by atoms with van der Waals surface area (Å²) in [5.41, 5.74) is 6.28. The molecule has 6 N–H and O–H groups in total. The summed E-state index contributed by atoms with van der Waals surface area (Å²) in [6.07, 6.45) is 2.36. The Kier molecular flexibility index (Phi) is 49.8. The second-order valence-electron chi connectivity index (χ2n) is 21.3. The van der Waals surface area contributed by atoms with E-state index in [9.17, 15) is 42.7 Å². The number of nitrogens with two attached hydrogens (primary N) is 1. The molecular weight excluding hydrogens is 1010 g/mol. The van der Waals surface area contributed by atoms with Crippen LogP contribution in [0.4, 0.5) is 15.8 Å². The van der Waals surface area contributed by atoms with Gasteiger partial charge < -0.3 is 51.1 Å². The normalized spacial score (nSPS) is 10.9. The summed E-state index contributed by atoms with van der Waals surface area (Å²) in [4.78, 5) is 94.1. The van der Waals surface area contributed by atoms with Crippen LogP contribution in [-0.4, -0.2) is 153 Å². The summed E-state index contributed by atoms with van der Waals surface area (Å²) < 4.78 is 17.3. The second-order valence-corrected chi connectivity index (χ2v) is 21.3. The summed E-state index contributed by atoms with van der Waals surface area (Å²) >= 11 is 0. The molecule has 0 radical (unpaired) electrons. The van der Waals surface area contributed by atoms with E-state index < -0.39 is 0 Å². The van der Waals surface area contributed by atoms with Gasteiger partial charge in [-0.2, -0.15) is 0 Å². The van der Waals surface area contributed by atoms with Gasteiger partial charge in [0.25, 0.3) is 0 Å². The third-order valence-electron chi connectivity index (χ3n) is 10.5. The zero-order valence-corrected chi connectivity index (χ0v) is 52.9. The number of para-hydroxylation sites is 1. The van der Waals surface area contributed by atoms with Crippen LogP contribution in [0.3, 0.4) is 0 Å². The minimum Gasteiger partial charge on any atom is -0.395 e. The van der Waals surface area contributed by atoms with Crippen molar-refractivity contribution >= 4 is 58.6 Å².